The Bertz CT molecular complexity index is 502. The summed E-state index contributed by atoms with van der Waals surface area (Å²) in [6.45, 7) is 1.97. The van der Waals surface area contributed by atoms with E-state index < -0.39 is 5.82 Å². The third-order valence-electron chi connectivity index (χ3n) is 1.85. The quantitative estimate of drug-likeness (QED) is 0.794. The van der Waals surface area contributed by atoms with Crippen molar-refractivity contribution >= 4 is 23.4 Å². The molecule has 84 valence electrons. The molecule has 0 N–H and O–H groups in total. The average Bonchev–Trinajstić information content (AvgIpc) is 2.67. The van der Waals surface area contributed by atoms with Gasteiger partial charge in [-0.3, -0.25) is 0 Å². The first kappa shape index (κ1) is 11.3. The summed E-state index contributed by atoms with van der Waals surface area (Å²) in [5, 5.41) is 12.0. The average molecular weight is 259 g/mol. The van der Waals surface area contributed by atoms with Crippen molar-refractivity contribution in [2.45, 2.75) is 12.1 Å². The zero-order valence-corrected chi connectivity index (χ0v) is 9.96. The van der Waals surface area contributed by atoms with E-state index in [9.17, 15) is 4.39 Å². The molecule has 2 aromatic rings. The number of halogens is 2. The molecule has 0 spiro atoms. The molecule has 0 amide bonds. The summed E-state index contributed by atoms with van der Waals surface area (Å²) in [6.07, 6.45) is 0. The number of thioether (sulfide) groups is 1. The number of aromatic nitrogens is 4. The summed E-state index contributed by atoms with van der Waals surface area (Å²) in [7, 11) is 0. The van der Waals surface area contributed by atoms with Crippen molar-refractivity contribution in [3.63, 3.8) is 0 Å². The first-order chi connectivity index (χ1) is 7.72. The molecule has 0 bridgehead atoms. The molecule has 0 fully saturated rings. The van der Waals surface area contributed by atoms with Crippen LogP contribution in [-0.4, -0.2) is 26.0 Å². The Labute approximate surface area is 101 Å². The molecule has 1 aromatic carbocycles. The number of rotatable bonds is 3. The van der Waals surface area contributed by atoms with Crippen molar-refractivity contribution in [1.82, 2.24) is 20.2 Å². The van der Waals surface area contributed by atoms with Crippen LogP contribution in [0.15, 0.2) is 23.4 Å². The molecule has 16 heavy (non-hydrogen) atoms. The minimum absolute atomic E-state index is 0.297. The van der Waals surface area contributed by atoms with E-state index in [1.807, 2.05) is 6.92 Å². The molecule has 1 heterocycles. The molecule has 7 heteroatoms. The first-order valence-corrected chi connectivity index (χ1v) is 5.95. The maximum absolute atomic E-state index is 13.6. The van der Waals surface area contributed by atoms with Gasteiger partial charge in [0.2, 0.25) is 5.16 Å². The van der Waals surface area contributed by atoms with Gasteiger partial charge in [0.25, 0.3) is 0 Å². The van der Waals surface area contributed by atoms with Crippen molar-refractivity contribution in [2.24, 2.45) is 0 Å². The number of tetrazole rings is 1. The summed E-state index contributed by atoms with van der Waals surface area (Å²) in [6, 6.07) is 4.38. The summed E-state index contributed by atoms with van der Waals surface area (Å²) in [5.74, 6) is 0.369. The summed E-state index contributed by atoms with van der Waals surface area (Å²) < 4.78 is 15.0. The minimum Gasteiger partial charge on any atom is -0.205 e. The molecule has 0 atom stereocenters. The molecule has 4 nitrogen and oxygen atoms in total. The second kappa shape index (κ2) is 4.80. The fourth-order valence-electron chi connectivity index (χ4n) is 1.20. The number of hydrogen-bond donors (Lipinski definition) is 0. The third kappa shape index (κ3) is 2.17. The van der Waals surface area contributed by atoms with E-state index in [0.717, 1.165) is 5.75 Å². The number of hydrogen-bond acceptors (Lipinski definition) is 4. The van der Waals surface area contributed by atoms with Crippen LogP contribution in [0, 0.1) is 5.82 Å². The Balaban J connectivity index is 2.46. The maximum Gasteiger partial charge on any atom is 0.214 e. The second-order valence-electron chi connectivity index (χ2n) is 2.90. The van der Waals surface area contributed by atoms with Crippen molar-refractivity contribution < 1.29 is 4.39 Å². The van der Waals surface area contributed by atoms with Crippen LogP contribution in [0.25, 0.3) is 5.69 Å². The fraction of sp³-hybridized carbons (Fsp3) is 0.222. The van der Waals surface area contributed by atoms with Crippen LogP contribution < -0.4 is 0 Å². The van der Waals surface area contributed by atoms with Crippen LogP contribution in [0.4, 0.5) is 4.39 Å². The van der Waals surface area contributed by atoms with Crippen LogP contribution in [0.1, 0.15) is 6.92 Å². The van der Waals surface area contributed by atoms with Crippen LogP contribution in [0.3, 0.4) is 0 Å². The van der Waals surface area contributed by atoms with Gasteiger partial charge in [0.05, 0.1) is 0 Å². The van der Waals surface area contributed by atoms with Gasteiger partial charge in [0.1, 0.15) is 5.69 Å². The third-order valence-corrected chi connectivity index (χ3v) is 2.89. The predicted molar refractivity (Wildman–Crippen MR) is 60.5 cm³/mol. The van der Waals surface area contributed by atoms with E-state index >= 15 is 0 Å². The van der Waals surface area contributed by atoms with Gasteiger partial charge in [-0.2, -0.15) is 4.68 Å². The van der Waals surface area contributed by atoms with Crippen molar-refractivity contribution in [3.05, 3.63) is 29.0 Å². The van der Waals surface area contributed by atoms with E-state index in [-0.39, 0.29) is 0 Å². The molecule has 0 saturated carbocycles. The van der Waals surface area contributed by atoms with Crippen LogP contribution in [-0.2, 0) is 0 Å². The second-order valence-corrected chi connectivity index (χ2v) is 4.57. The monoisotopic (exact) mass is 258 g/mol. The lowest BCUT2D eigenvalue weighted by molar-refractivity contribution is 0.599. The van der Waals surface area contributed by atoms with E-state index in [2.05, 4.69) is 15.5 Å². The van der Waals surface area contributed by atoms with Gasteiger partial charge >= 0.3 is 0 Å². The smallest absolute Gasteiger partial charge is 0.205 e. The summed E-state index contributed by atoms with van der Waals surface area (Å²) in [5.41, 5.74) is 0.297. The molecular formula is C9H8ClFN4S. The standard InChI is InChI=1S/C9H8ClFN4S/c1-2-16-9-12-13-14-15(9)8-4-3-6(10)5-7(8)11/h3-5H,2H2,1H3. The Morgan fingerprint density at radius 1 is 1.50 bits per heavy atom. The Hall–Kier alpha value is -1.14. The van der Waals surface area contributed by atoms with Crippen molar-refractivity contribution in [3.8, 4) is 5.69 Å². The lowest BCUT2D eigenvalue weighted by Crippen LogP contribution is -2.01. The van der Waals surface area contributed by atoms with Crippen LogP contribution in [0.2, 0.25) is 5.02 Å². The minimum atomic E-state index is -0.447. The van der Waals surface area contributed by atoms with Crippen LogP contribution >= 0.6 is 23.4 Å². The van der Waals surface area contributed by atoms with Crippen molar-refractivity contribution in [1.29, 1.82) is 0 Å². The Morgan fingerprint density at radius 3 is 3.00 bits per heavy atom. The van der Waals surface area contributed by atoms with E-state index in [0.29, 0.717) is 15.9 Å². The molecule has 0 aliphatic heterocycles. The lowest BCUT2D eigenvalue weighted by atomic mass is 10.3. The van der Waals surface area contributed by atoms with Gasteiger partial charge in [0, 0.05) is 5.02 Å². The highest BCUT2D eigenvalue weighted by Crippen LogP contribution is 2.22. The molecular weight excluding hydrogens is 251 g/mol. The summed E-state index contributed by atoms with van der Waals surface area (Å²) in [4.78, 5) is 0. The fourth-order valence-corrected chi connectivity index (χ4v) is 1.97. The van der Waals surface area contributed by atoms with Crippen molar-refractivity contribution in [2.75, 3.05) is 5.75 Å². The molecule has 0 unspecified atom stereocenters. The highest BCUT2D eigenvalue weighted by molar-refractivity contribution is 7.99. The highest BCUT2D eigenvalue weighted by atomic mass is 35.5. The van der Waals surface area contributed by atoms with Gasteiger partial charge in [-0.05, 0) is 34.4 Å². The highest BCUT2D eigenvalue weighted by Gasteiger charge is 2.12. The maximum atomic E-state index is 13.6. The molecule has 0 aliphatic carbocycles. The van der Waals surface area contributed by atoms with Gasteiger partial charge in [-0.1, -0.05) is 30.3 Å². The van der Waals surface area contributed by atoms with E-state index in [1.165, 1.54) is 22.5 Å². The SMILES string of the molecule is CCSc1nnnn1-c1ccc(Cl)cc1F. The first-order valence-electron chi connectivity index (χ1n) is 4.59. The summed E-state index contributed by atoms with van der Waals surface area (Å²) >= 11 is 7.12. The van der Waals surface area contributed by atoms with Gasteiger partial charge in [-0.25, -0.2) is 4.39 Å². The van der Waals surface area contributed by atoms with E-state index in [1.54, 1.807) is 12.1 Å². The zero-order valence-electron chi connectivity index (χ0n) is 8.39. The number of nitrogens with zero attached hydrogens (tertiary/aromatic N) is 4. The van der Waals surface area contributed by atoms with Crippen LogP contribution in [0.5, 0.6) is 0 Å². The predicted octanol–water partition coefficient (Wildman–Crippen LogP) is 2.57. The zero-order chi connectivity index (χ0) is 11.5. The number of benzene rings is 1. The van der Waals surface area contributed by atoms with Gasteiger partial charge in [-0.15, -0.1) is 5.10 Å². The molecule has 2 rings (SSSR count). The topological polar surface area (TPSA) is 43.6 Å². The lowest BCUT2D eigenvalue weighted by Gasteiger charge is -2.04. The van der Waals surface area contributed by atoms with E-state index in [4.69, 9.17) is 11.6 Å². The normalized spacial score (nSPS) is 10.7. The van der Waals surface area contributed by atoms with Gasteiger partial charge < -0.3 is 0 Å². The van der Waals surface area contributed by atoms with Gasteiger partial charge in [0.15, 0.2) is 5.82 Å². The molecule has 0 saturated heterocycles. The Morgan fingerprint density at radius 2 is 2.31 bits per heavy atom. The Kier molecular flexibility index (Phi) is 3.40. The largest absolute Gasteiger partial charge is 0.214 e. The molecule has 1 aromatic heterocycles. The molecule has 0 aliphatic rings. The molecule has 0 radical (unpaired) electrons.